The SMILES string of the molecule is Cc1ccc(Cn2cccc(NC(=O)NCCCC(=O)O)c2=O)cc1. The van der Waals surface area contributed by atoms with Gasteiger partial charge in [0.15, 0.2) is 0 Å². The molecule has 0 spiro atoms. The van der Waals surface area contributed by atoms with Crippen LogP contribution in [0.3, 0.4) is 0 Å². The molecule has 2 rings (SSSR count). The van der Waals surface area contributed by atoms with Gasteiger partial charge < -0.3 is 20.3 Å². The molecule has 0 saturated carbocycles. The van der Waals surface area contributed by atoms with E-state index in [0.717, 1.165) is 11.1 Å². The Morgan fingerprint density at radius 1 is 1.16 bits per heavy atom. The van der Waals surface area contributed by atoms with Crippen molar-refractivity contribution in [2.75, 3.05) is 11.9 Å². The summed E-state index contributed by atoms with van der Waals surface area (Å²) >= 11 is 0. The van der Waals surface area contributed by atoms with Gasteiger partial charge in [-0.25, -0.2) is 4.79 Å². The summed E-state index contributed by atoms with van der Waals surface area (Å²) in [4.78, 5) is 34.6. The number of aromatic nitrogens is 1. The van der Waals surface area contributed by atoms with Crippen LogP contribution in [-0.4, -0.2) is 28.2 Å². The second-order valence-electron chi connectivity index (χ2n) is 5.72. The minimum absolute atomic E-state index is 0.0189. The molecule has 0 unspecified atom stereocenters. The van der Waals surface area contributed by atoms with Gasteiger partial charge in [0.2, 0.25) is 0 Å². The lowest BCUT2D eigenvalue weighted by Gasteiger charge is -2.10. The van der Waals surface area contributed by atoms with Gasteiger partial charge in [-0.15, -0.1) is 0 Å². The van der Waals surface area contributed by atoms with Gasteiger partial charge in [0.25, 0.3) is 5.56 Å². The fraction of sp³-hybridized carbons (Fsp3) is 0.278. The van der Waals surface area contributed by atoms with Crippen LogP contribution in [0.25, 0.3) is 0 Å². The van der Waals surface area contributed by atoms with Crippen molar-refractivity contribution < 1.29 is 14.7 Å². The van der Waals surface area contributed by atoms with E-state index in [1.54, 1.807) is 12.3 Å². The molecule has 132 valence electrons. The standard InChI is InChI=1S/C18H21N3O4/c1-13-6-8-14(9-7-13)12-21-11-3-4-15(17(21)24)20-18(25)19-10-2-5-16(22)23/h3-4,6-9,11H,2,5,10,12H2,1H3,(H,22,23)(H2,19,20,25). The Morgan fingerprint density at radius 2 is 1.88 bits per heavy atom. The van der Waals surface area contributed by atoms with Gasteiger partial charge in [-0.2, -0.15) is 0 Å². The van der Waals surface area contributed by atoms with Gasteiger partial charge in [-0.05, 0) is 31.0 Å². The molecule has 1 heterocycles. The van der Waals surface area contributed by atoms with E-state index >= 15 is 0 Å². The average Bonchev–Trinajstić information content (AvgIpc) is 2.57. The first-order valence-electron chi connectivity index (χ1n) is 7.97. The highest BCUT2D eigenvalue weighted by atomic mass is 16.4. The van der Waals surface area contributed by atoms with Crippen LogP contribution >= 0.6 is 0 Å². The van der Waals surface area contributed by atoms with E-state index in [1.807, 2.05) is 31.2 Å². The number of carboxylic acid groups (broad SMARTS) is 1. The zero-order chi connectivity index (χ0) is 18.2. The summed E-state index contributed by atoms with van der Waals surface area (Å²) in [6.45, 7) is 2.63. The third kappa shape index (κ3) is 5.80. The van der Waals surface area contributed by atoms with Gasteiger partial charge in [-0.3, -0.25) is 9.59 Å². The van der Waals surface area contributed by atoms with Crippen molar-refractivity contribution >= 4 is 17.7 Å². The number of amides is 2. The first kappa shape index (κ1) is 18.3. The highest BCUT2D eigenvalue weighted by Crippen LogP contribution is 2.06. The van der Waals surface area contributed by atoms with Crippen LogP contribution in [0.5, 0.6) is 0 Å². The lowest BCUT2D eigenvalue weighted by Crippen LogP contribution is -2.33. The van der Waals surface area contributed by atoms with Crippen molar-refractivity contribution in [3.63, 3.8) is 0 Å². The van der Waals surface area contributed by atoms with Gasteiger partial charge in [0.05, 0.1) is 6.54 Å². The van der Waals surface area contributed by atoms with Crippen molar-refractivity contribution in [2.24, 2.45) is 0 Å². The number of carbonyl (C=O) groups is 2. The number of urea groups is 1. The molecule has 0 aliphatic heterocycles. The molecule has 0 atom stereocenters. The number of anilines is 1. The molecule has 2 amide bonds. The Kier molecular flexibility index (Phi) is 6.33. The zero-order valence-corrected chi connectivity index (χ0v) is 14.0. The normalized spacial score (nSPS) is 10.3. The predicted octanol–water partition coefficient (Wildman–Crippen LogP) is 2.19. The second kappa shape index (κ2) is 8.68. The molecular weight excluding hydrogens is 322 g/mol. The van der Waals surface area contributed by atoms with Crippen molar-refractivity contribution in [1.82, 2.24) is 9.88 Å². The number of nitrogens with zero attached hydrogens (tertiary/aromatic N) is 1. The maximum atomic E-state index is 12.4. The smallest absolute Gasteiger partial charge is 0.319 e. The van der Waals surface area contributed by atoms with E-state index in [0.29, 0.717) is 13.0 Å². The Morgan fingerprint density at radius 3 is 2.56 bits per heavy atom. The molecule has 0 bridgehead atoms. The van der Waals surface area contributed by atoms with Crippen LogP contribution < -0.4 is 16.2 Å². The molecule has 0 fully saturated rings. The summed E-state index contributed by atoms with van der Waals surface area (Å²) < 4.78 is 1.52. The minimum atomic E-state index is -0.913. The summed E-state index contributed by atoms with van der Waals surface area (Å²) in [7, 11) is 0. The molecule has 0 radical (unpaired) electrons. The van der Waals surface area contributed by atoms with Crippen molar-refractivity contribution in [3.05, 3.63) is 64.1 Å². The summed E-state index contributed by atoms with van der Waals surface area (Å²) in [6.07, 6.45) is 1.97. The molecule has 0 aliphatic rings. The molecule has 7 nitrogen and oxygen atoms in total. The highest BCUT2D eigenvalue weighted by Gasteiger charge is 2.08. The fourth-order valence-corrected chi connectivity index (χ4v) is 2.25. The molecule has 1 aromatic carbocycles. The van der Waals surface area contributed by atoms with Crippen LogP contribution in [-0.2, 0) is 11.3 Å². The van der Waals surface area contributed by atoms with Crippen molar-refractivity contribution in [3.8, 4) is 0 Å². The van der Waals surface area contributed by atoms with Crippen LogP contribution in [0.4, 0.5) is 10.5 Å². The largest absolute Gasteiger partial charge is 0.481 e. The summed E-state index contributed by atoms with van der Waals surface area (Å²) in [6, 6.07) is 10.6. The Balaban J connectivity index is 1.98. The van der Waals surface area contributed by atoms with Gasteiger partial charge in [-0.1, -0.05) is 29.8 Å². The predicted molar refractivity (Wildman–Crippen MR) is 94.9 cm³/mol. The number of hydrogen-bond donors (Lipinski definition) is 3. The summed E-state index contributed by atoms with van der Waals surface area (Å²) in [5, 5.41) is 13.6. The third-order valence-corrected chi connectivity index (χ3v) is 3.59. The van der Waals surface area contributed by atoms with E-state index < -0.39 is 12.0 Å². The van der Waals surface area contributed by atoms with E-state index in [1.165, 1.54) is 10.6 Å². The molecule has 0 saturated heterocycles. The molecule has 25 heavy (non-hydrogen) atoms. The average molecular weight is 343 g/mol. The molecule has 0 aliphatic carbocycles. The quantitative estimate of drug-likeness (QED) is 0.671. The van der Waals surface area contributed by atoms with E-state index in [9.17, 15) is 14.4 Å². The van der Waals surface area contributed by atoms with Crippen LogP contribution in [0, 0.1) is 6.92 Å². The van der Waals surface area contributed by atoms with E-state index in [-0.39, 0.29) is 24.2 Å². The van der Waals surface area contributed by atoms with Crippen LogP contribution in [0.15, 0.2) is 47.4 Å². The molecule has 3 N–H and O–H groups in total. The Labute approximate surface area is 145 Å². The molecule has 1 aromatic heterocycles. The van der Waals surface area contributed by atoms with Crippen molar-refractivity contribution in [1.29, 1.82) is 0 Å². The Hall–Kier alpha value is -3.09. The number of aryl methyl sites for hydroxylation is 1. The summed E-state index contributed by atoms with van der Waals surface area (Å²) in [5.41, 5.74) is 2.00. The number of benzene rings is 1. The lowest BCUT2D eigenvalue weighted by atomic mass is 10.1. The van der Waals surface area contributed by atoms with E-state index in [2.05, 4.69) is 10.6 Å². The van der Waals surface area contributed by atoms with Crippen LogP contribution in [0.1, 0.15) is 24.0 Å². The van der Waals surface area contributed by atoms with Crippen LogP contribution in [0.2, 0.25) is 0 Å². The molecule has 2 aromatic rings. The number of rotatable bonds is 7. The van der Waals surface area contributed by atoms with Gasteiger partial charge >= 0.3 is 12.0 Å². The number of carboxylic acids is 1. The number of hydrogen-bond acceptors (Lipinski definition) is 3. The first-order valence-corrected chi connectivity index (χ1v) is 7.97. The van der Waals surface area contributed by atoms with Crippen molar-refractivity contribution in [2.45, 2.75) is 26.3 Å². The maximum absolute atomic E-state index is 12.4. The molecule has 7 heteroatoms. The number of aliphatic carboxylic acids is 1. The number of nitrogens with one attached hydrogen (secondary N) is 2. The number of carbonyl (C=O) groups excluding carboxylic acids is 1. The lowest BCUT2D eigenvalue weighted by molar-refractivity contribution is -0.137. The van der Waals surface area contributed by atoms with Gasteiger partial charge in [0, 0.05) is 19.2 Å². The summed E-state index contributed by atoms with van der Waals surface area (Å²) in [5.74, 6) is -0.913. The monoisotopic (exact) mass is 343 g/mol. The Bertz CT molecular complexity index is 797. The highest BCUT2D eigenvalue weighted by molar-refractivity contribution is 5.88. The topological polar surface area (TPSA) is 100 Å². The third-order valence-electron chi connectivity index (χ3n) is 3.59. The molecular formula is C18H21N3O4. The van der Waals surface area contributed by atoms with Gasteiger partial charge in [0.1, 0.15) is 5.69 Å². The minimum Gasteiger partial charge on any atom is -0.481 e. The second-order valence-corrected chi connectivity index (χ2v) is 5.72. The number of pyridine rings is 1. The fourth-order valence-electron chi connectivity index (χ4n) is 2.25. The first-order chi connectivity index (χ1) is 12.0. The zero-order valence-electron chi connectivity index (χ0n) is 14.0. The van der Waals surface area contributed by atoms with E-state index in [4.69, 9.17) is 5.11 Å². The maximum Gasteiger partial charge on any atom is 0.319 e.